The van der Waals surface area contributed by atoms with E-state index in [1.807, 2.05) is 31.2 Å². The molecule has 1 aliphatic rings. The average Bonchev–Trinajstić information content (AvgIpc) is 2.94. The quantitative estimate of drug-likeness (QED) is 0.545. The third kappa shape index (κ3) is 5.98. The number of nitrogens with zero attached hydrogens (tertiary/aromatic N) is 3. The molecule has 184 valence electrons. The summed E-state index contributed by atoms with van der Waals surface area (Å²) < 4.78 is 11.6. The molecule has 2 aromatic heterocycles. The summed E-state index contributed by atoms with van der Waals surface area (Å²) in [6.45, 7) is 5.00. The number of aliphatic hydroxyl groups is 1. The summed E-state index contributed by atoms with van der Waals surface area (Å²) in [6.07, 6.45) is 1.47. The van der Waals surface area contributed by atoms with Crippen LogP contribution in [0.5, 0.6) is 17.2 Å². The number of aromatic nitrogens is 2. The van der Waals surface area contributed by atoms with Crippen molar-refractivity contribution in [3.63, 3.8) is 0 Å². The van der Waals surface area contributed by atoms with Gasteiger partial charge in [-0.05, 0) is 62.6 Å². The van der Waals surface area contributed by atoms with Gasteiger partial charge >= 0.3 is 0 Å². The van der Waals surface area contributed by atoms with Crippen molar-refractivity contribution in [3.8, 4) is 29.1 Å². The maximum absolute atomic E-state index is 13.1. The predicted molar refractivity (Wildman–Crippen MR) is 133 cm³/mol. The van der Waals surface area contributed by atoms with Crippen LogP contribution in [0.4, 0.5) is 5.82 Å². The van der Waals surface area contributed by atoms with E-state index in [-0.39, 0.29) is 18.1 Å². The Morgan fingerprint density at radius 1 is 1.22 bits per heavy atom. The summed E-state index contributed by atoms with van der Waals surface area (Å²) in [5, 5.41) is 12.5. The van der Waals surface area contributed by atoms with Gasteiger partial charge in [0.1, 0.15) is 41.1 Å². The van der Waals surface area contributed by atoms with Crippen molar-refractivity contribution in [2.24, 2.45) is 0 Å². The molecule has 1 aliphatic heterocycles. The first kappa shape index (κ1) is 24.7. The zero-order valence-electron chi connectivity index (χ0n) is 20.4. The molecule has 0 unspecified atom stereocenters. The van der Waals surface area contributed by atoms with Crippen LogP contribution >= 0.6 is 0 Å². The molecule has 0 fully saturated rings. The number of ether oxygens (including phenoxy) is 2. The van der Waals surface area contributed by atoms with Crippen molar-refractivity contribution < 1.29 is 24.2 Å². The minimum absolute atomic E-state index is 0.0855. The van der Waals surface area contributed by atoms with Gasteiger partial charge in [0, 0.05) is 19.3 Å². The number of anilines is 1. The number of likely N-dealkylation sites (N-methyl/N-ethyl adjacent to an activating group) is 1. The summed E-state index contributed by atoms with van der Waals surface area (Å²) in [5.74, 6) is 6.25. The Morgan fingerprint density at radius 3 is 2.75 bits per heavy atom. The second kappa shape index (κ2) is 10.1. The summed E-state index contributed by atoms with van der Waals surface area (Å²) in [6, 6.07) is 13.0. The fourth-order valence-electron chi connectivity index (χ4n) is 3.41. The first-order chi connectivity index (χ1) is 17.1. The van der Waals surface area contributed by atoms with Crippen molar-refractivity contribution in [1.29, 1.82) is 0 Å². The highest BCUT2D eigenvalue weighted by molar-refractivity contribution is 6.02. The highest BCUT2D eigenvalue weighted by atomic mass is 16.5. The lowest BCUT2D eigenvalue weighted by Crippen LogP contribution is -2.49. The molecule has 0 spiro atoms. The summed E-state index contributed by atoms with van der Waals surface area (Å²) in [4.78, 5) is 35.9. The van der Waals surface area contributed by atoms with Crippen LogP contribution in [0.2, 0.25) is 0 Å². The predicted octanol–water partition coefficient (Wildman–Crippen LogP) is 2.85. The monoisotopic (exact) mass is 486 g/mol. The van der Waals surface area contributed by atoms with E-state index in [1.165, 1.54) is 17.2 Å². The van der Waals surface area contributed by atoms with Crippen LogP contribution in [0.3, 0.4) is 0 Å². The maximum Gasteiger partial charge on any atom is 0.270 e. The molecule has 4 rings (SSSR count). The fraction of sp³-hybridized carbons (Fsp3) is 0.259. The van der Waals surface area contributed by atoms with E-state index >= 15 is 0 Å². The Hall–Kier alpha value is -4.42. The van der Waals surface area contributed by atoms with E-state index in [0.29, 0.717) is 22.9 Å². The average molecular weight is 487 g/mol. The number of carbonyl (C=O) groups excluding carboxylic acids is 2. The summed E-state index contributed by atoms with van der Waals surface area (Å²) >= 11 is 0. The van der Waals surface area contributed by atoms with E-state index in [9.17, 15) is 14.7 Å². The zero-order chi connectivity index (χ0) is 25.9. The van der Waals surface area contributed by atoms with E-state index < -0.39 is 23.5 Å². The van der Waals surface area contributed by atoms with Crippen LogP contribution in [0, 0.1) is 18.8 Å². The topological polar surface area (TPSA) is 114 Å². The maximum atomic E-state index is 13.1. The van der Waals surface area contributed by atoms with Crippen molar-refractivity contribution in [2.45, 2.75) is 32.4 Å². The van der Waals surface area contributed by atoms with Gasteiger partial charge in [0.15, 0.2) is 11.6 Å². The third-order valence-corrected chi connectivity index (χ3v) is 5.18. The van der Waals surface area contributed by atoms with E-state index in [1.54, 1.807) is 39.1 Å². The number of rotatable bonds is 4. The van der Waals surface area contributed by atoms with Gasteiger partial charge in [-0.2, -0.15) is 0 Å². The number of nitrogens with one attached hydrogen (secondary N) is 1. The van der Waals surface area contributed by atoms with Gasteiger partial charge in [-0.25, -0.2) is 4.98 Å². The summed E-state index contributed by atoms with van der Waals surface area (Å²) in [5.41, 5.74) is 0.330. The summed E-state index contributed by atoms with van der Waals surface area (Å²) in [7, 11) is 1.55. The van der Waals surface area contributed by atoms with Crippen LogP contribution in [-0.2, 0) is 4.79 Å². The number of hydrogen-bond donors (Lipinski definition) is 2. The van der Waals surface area contributed by atoms with E-state index in [4.69, 9.17) is 9.47 Å². The fourth-order valence-corrected chi connectivity index (χ4v) is 3.41. The molecule has 0 radical (unpaired) electrons. The van der Waals surface area contributed by atoms with Gasteiger partial charge in [0.2, 0.25) is 0 Å². The molecule has 0 bridgehead atoms. The highest BCUT2D eigenvalue weighted by Gasteiger charge is 2.32. The normalized spacial score (nSPS) is 15.1. The SMILES string of the molecule is Cc1cccc(Oc2ccnc(C(=O)N[C@H]3COc4ccc(C#CC(C)(C)O)nc4N(C)C3=O)c2)c1. The zero-order valence-corrected chi connectivity index (χ0v) is 20.4. The number of carbonyl (C=O) groups is 2. The van der Waals surface area contributed by atoms with Gasteiger partial charge < -0.3 is 19.9 Å². The van der Waals surface area contributed by atoms with Gasteiger partial charge in [-0.15, -0.1) is 0 Å². The molecule has 1 aromatic carbocycles. The Balaban J connectivity index is 1.48. The Kier molecular flexibility index (Phi) is 6.90. The number of pyridine rings is 2. The first-order valence-corrected chi connectivity index (χ1v) is 11.3. The lowest BCUT2D eigenvalue weighted by Gasteiger charge is -2.19. The first-order valence-electron chi connectivity index (χ1n) is 11.3. The molecule has 0 saturated heterocycles. The lowest BCUT2D eigenvalue weighted by molar-refractivity contribution is -0.120. The number of fused-ring (bicyclic) bond motifs is 1. The molecule has 3 aromatic rings. The van der Waals surface area contributed by atoms with Gasteiger partial charge in [-0.3, -0.25) is 19.5 Å². The number of hydrogen-bond acceptors (Lipinski definition) is 7. The molecular weight excluding hydrogens is 460 g/mol. The molecule has 3 heterocycles. The van der Waals surface area contributed by atoms with Crippen LogP contribution in [0.25, 0.3) is 0 Å². The second-order valence-corrected chi connectivity index (χ2v) is 8.86. The van der Waals surface area contributed by atoms with E-state index in [2.05, 4.69) is 27.1 Å². The van der Waals surface area contributed by atoms with Gasteiger partial charge in [0.05, 0.1) is 0 Å². The van der Waals surface area contributed by atoms with E-state index in [0.717, 1.165) is 5.56 Å². The minimum Gasteiger partial charge on any atom is -0.487 e. The highest BCUT2D eigenvalue weighted by Crippen LogP contribution is 2.29. The van der Waals surface area contributed by atoms with Crippen molar-refractivity contribution >= 4 is 17.6 Å². The standard InChI is InChI=1S/C27H26N4O5/c1-17-6-5-7-19(14-17)36-20-11-13-28-21(15-20)25(32)30-22-16-35-23-9-8-18(10-12-27(2,3)34)29-24(23)31(4)26(22)33/h5-9,11,13-15,22,34H,16H2,1-4H3,(H,30,32)/t22-/m0/s1. The molecule has 36 heavy (non-hydrogen) atoms. The Labute approximate surface area is 209 Å². The van der Waals surface area contributed by atoms with Crippen LogP contribution in [0.15, 0.2) is 54.7 Å². The number of aryl methyl sites for hydroxylation is 1. The van der Waals surface area contributed by atoms with Crippen molar-refractivity contribution in [1.82, 2.24) is 15.3 Å². The van der Waals surface area contributed by atoms with Crippen LogP contribution in [-0.4, -0.2) is 52.2 Å². The third-order valence-electron chi connectivity index (χ3n) is 5.18. The number of amides is 2. The molecule has 9 heteroatoms. The molecule has 2 N–H and O–H groups in total. The van der Waals surface area contributed by atoms with Gasteiger partial charge in [0.25, 0.3) is 11.8 Å². The Morgan fingerprint density at radius 2 is 2.00 bits per heavy atom. The molecule has 1 atom stereocenters. The molecular formula is C27H26N4O5. The smallest absolute Gasteiger partial charge is 0.270 e. The number of benzene rings is 1. The molecule has 0 saturated carbocycles. The van der Waals surface area contributed by atoms with Crippen LogP contribution < -0.4 is 19.7 Å². The second-order valence-electron chi connectivity index (χ2n) is 8.86. The van der Waals surface area contributed by atoms with Crippen molar-refractivity contribution in [2.75, 3.05) is 18.6 Å². The molecule has 0 aliphatic carbocycles. The van der Waals surface area contributed by atoms with Crippen molar-refractivity contribution in [3.05, 3.63) is 71.7 Å². The molecule has 2 amide bonds. The minimum atomic E-state index is -1.18. The molecule has 9 nitrogen and oxygen atoms in total. The largest absolute Gasteiger partial charge is 0.487 e. The lowest BCUT2D eigenvalue weighted by atomic mass is 10.1. The Bertz CT molecular complexity index is 1370. The van der Waals surface area contributed by atoms with Gasteiger partial charge in [-0.1, -0.05) is 18.1 Å². The van der Waals surface area contributed by atoms with Crippen LogP contribution in [0.1, 0.15) is 35.6 Å².